The molecule has 1 aromatic heterocycles. The second-order valence-electron chi connectivity index (χ2n) is 9.38. The number of nitrogens with zero attached hydrogens (tertiary/aromatic N) is 6. The first-order valence-electron chi connectivity index (χ1n) is 12.8. The van der Waals surface area contributed by atoms with E-state index in [2.05, 4.69) is 30.1 Å². The summed E-state index contributed by atoms with van der Waals surface area (Å²) in [6, 6.07) is 5.41. The number of ether oxygens (including phenoxy) is 3. The molecule has 6 rings (SSSR count). The highest BCUT2D eigenvalue weighted by Gasteiger charge is 2.36. The third-order valence-corrected chi connectivity index (χ3v) is 7.00. The molecule has 1 atom stereocenters. The average Bonchev–Trinajstić information content (AvgIpc) is 3.27. The van der Waals surface area contributed by atoms with E-state index in [-0.39, 0.29) is 11.8 Å². The van der Waals surface area contributed by atoms with Crippen molar-refractivity contribution in [3.63, 3.8) is 0 Å². The highest BCUT2D eigenvalue weighted by Crippen LogP contribution is 2.37. The fraction of sp³-hybridized carbons (Fsp3) is 0.500. The van der Waals surface area contributed by atoms with Crippen LogP contribution < -0.4 is 19.7 Å². The molecule has 0 radical (unpaired) electrons. The molecule has 0 spiro atoms. The van der Waals surface area contributed by atoms with E-state index in [9.17, 15) is 9.59 Å². The molecule has 1 aromatic carbocycles. The van der Waals surface area contributed by atoms with E-state index in [1.807, 2.05) is 11.0 Å². The molecule has 38 heavy (non-hydrogen) atoms. The number of nitrogens with one attached hydrogen (secondary N) is 1. The lowest BCUT2D eigenvalue weighted by Gasteiger charge is -2.37. The molecule has 1 saturated heterocycles. The minimum absolute atomic E-state index is 0.0868. The van der Waals surface area contributed by atoms with Crippen molar-refractivity contribution >= 4 is 35.4 Å². The predicted molar refractivity (Wildman–Crippen MR) is 142 cm³/mol. The Labute approximate surface area is 221 Å². The average molecular weight is 524 g/mol. The molecule has 1 N–H and O–H groups in total. The smallest absolute Gasteiger partial charge is 0.238 e. The monoisotopic (exact) mass is 523 g/mol. The second kappa shape index (κ2) is 11.7. The van der Waals surface area contributed by atoms with Crippen molar-refractivity contribution in [3.8, 4) is 11.5 Å². The number of methoxy groups -OCH3 is 2. The van der Waals surface area contributed by atoms with E-state index in [0.717, 1.165) is 6.42 Å². The van der Waals surface area contributed by atoms with Crippen LogP contribution in [0.4, 0.5) is 17.3 Å². The van der Waals surface area contributed by atoms with Gasteiger partial charge in [0.25, 0.3) is 0 Å². The summed E-state index contributed by atoms with van der Waals surface area (Å²) in [6.07, 6.45) is 3.81. The maximum absolute atomic E-state index is 13.2. The fourth-order valence-corrected chi connectivity index (χ4v) is 4.93. The Kier molecular flexibility index (Phi) is 7.99. The van der Waals surface area contributed by atoms with Crippen molar-refractivity contribution in [1.29, 1.82) is 0 Å². The van der Waals surface area contributed by atoms with Gasteiger partial charge in [-0.2, -0.15) is 0 Å². The summed E-state index contributed by atoms with van der Waals surface area (Å²) in [7, 11) is 3.25. The number of aliphatic imine (C=N–C) groups is 1. The van der Waals surface area contributed by atoms with Crippen LogP contribution in [0, 0.1) is 0 Å². The Hall–Kier alpha value is -3.77. The summed E-state index contributed by atoms with van der Waals surface area (Å²) in [4.78, 5) is 45.6. The second-order valence-corrected chi connectivity index (χ2v) is 9.38. The maximum Gasteiger partial charge on any atom is 0.238 e. The normalized spacial score (nSPS) is 20.3. The van der Waals surface area contributed by atoms with Gasteiger partial charge in [0.05, 0.1) is 38.1 Å². The van der Waals surface area contributed by atoms with Crippen LogP contribution >= 0.6 is 0 Å². The van der Waals surface area contributed by atoms with Gasteiger partial charge in [-0.05, 0) is 18.6 Å². The maximum atomic E-state index is 13.2. The zero-order valence-electron chi connectivity index (χ0n) is 21.8. The van der Waals surface area contributed by atoms with E-state index in [0.29, 0.717) is 93.4 Å². The predicted octanol–water partition coefficient (Wildman–Crippen LogP) is 1.30. The molecule has 202 valence electrons. The first kappa shape index (κ1) is 25.9. The van der Waals surface area contributed by atoms with Crippen LogP contribution in [0.1, 0.15) is 17.9 Å². The Morgan fingerprint density at radius 1 is 1.08 bits per heavy atom. The number of hydrogen-bond donors (Lipinski definition) is 1. The van der Waals surface area contributed by atoms with E-state index >= 15 is 0 Å². The van der Waals surface area contributed by atoms with E-state index < -0.39 is 5.92 Å². The summed E-state index contributed by atoms with van der Waals surface area (Å²) >= 11 is 0. The molecule has 1 fully saturated rings. The summed E-state index contributed by atoms with van der Waals surface area (Å²) in [5, 5.41) is 2.85. The molecule has 4 bridgehead atoms. The Morgan fingerprint density at radius 2 is 1.89 bits per heavy atom. The van der Waals surface area contributed by atoms with Gasteiger partial charge in [0.1, 0.15) is 23.9 Å². The van der Waals surface area contributed by atoms with Crippen molar-refractivity contribution in [1.82, 2.24) is 19.8 Å². The molecule has 4 aliphatic rings. The topological polar surface area (TPSA) is 122 Å². The number of aromatic nitrogens is 2. The number of benzene rings is 1. The fourth-order valence-electron chi connectivity index (χ4n) is 4.93. The summed E-state index contributed by atoms with van der Waals surface area (Å²) in [5.41, 5.74) is 1.34. The number of amides is 2. The van der Waals surface area contributed by atoms with Gasteiger partial charge in [-0.3, -0.25) is 19.5 Å². The first-order chi connectivity index (χ1) is 18.6. The molecule has 12 nitrogen and oxygen atoms in total. The lowest BCUT2D eigenvalue weighted by molar-refractivity contribution is -0.132. The summed E-state index contributed by atoms with van der Waals surface area (Å²) < 4.78 is 16.8. The Bertz CT molecular complexity index is 1200. The summed E-state index contributed by atoms with van der Waals surface area (Å²) in [6.45, 7) is 5.03. The molecule has 5 heterocycles. The SMILES string of the molecule is COCCN1CCCOc2cc(ccc2OC)N=CC2C(=O)Nc3ncnc(c32)N2CCN(CC2)C(=O)C1. The third-order valence-electron chi connectivity index (χ3n) is 7.00. The van der Waals surface area contributed by atoms with Crippen molar-refractivity contribution in [3.05, 3.63) is 30.1 Å². The minimum Gasteiger partial charge on any atom is -0.493 e. The van der Waals surface area contributed by atoms with E-state index in [1.165, 1.54) is 6.33 Å². The number of anilines is 2. The molecular weight excluding hydrogens is 490 g/mol. The third kappa shape index (κ3) is 5.55. The van der Waals surface area contributed by atoms with Gasteiger partial charge < -0.3 is 29.3 Å². The van der Waals surface area contributed by atoms with Crippen LogP contribution in [-0.4, -0.2) is 111 Å². The van der Waals surface area contributed by atoms with Crippen LogP contribution in [0.5, 0.6) is 11.5 Å². The largest absolute Gasteiger partial charge is 0.493 e. The number of rotatable bonds is 4. The van der Waals surface area contributed by atoms with E-state index in [4.69, 9.17) is 14.2 Å². The van der Waals surface area contributed by atoms with Gasteiger partial charge in [0.15, 0.2) is 11.5 Å². The van der Waals surface area contributed by atoms with Gasteiger partial charge >= 0.3 is 0 Å². The first-order valence-corrected chi connectivity index (χ1v) is 12.8. The van der Waals surface area contributed by atoms with Crippen LogP contribution in [0.15, 0.2) is 29.5 Å². The van der Waals surface area contributed by atoms with Crippen LogP contribution in [-0.2, 0) is 14.3 Å². The summed E-state index contributed by atoms with van der Waals surface area (Å²) in [5.74, 6) is 1.59. The van der Waals surface area contributed by atoms with Crippen molar-refractivity contribution in [2.45, 2.75) is 12.3 Å². The van der Waals surface area contributed by atoms with Gasteiger partial charge in [0.2, 0.25) is 11.8 Å². The zero-order valence-corrected chi connectivity index (χ0v) is 21.8. The zero-order chi connectivity index (χ0) is 26.5. The lowest BCUT2D eigenvalue weighted by Crippen LogP contribution is -2.52. The highest BCUT2D eigenvalue weighted by molar-refractivity contribution is 6.13. The van der Waals surface area contributed by atoms with Crippen LogP contribution in [0.3, 0.4) is 0 Å². The molecular formula is C26H33N7O5. The molecule has 2 aromatic rings. The van der Waals surface area contributed by atoms with Crippen LogP contribution in [0.2, 0.25) is 0 Å². The Morgan fingerprint density at radius 3 is 2.68 bits per heavy atom. The van der Waals surface area contributed by atoms with Crippen LogP contribution in [0.25, 0.3) is 0 Å². The standard InChI is InChI=1S/C26H33N7O5/c1-36-13-11-31-6-3-12-38-21-14-18(4-5-20(21)37-2)27-15-19-23-24(30-26(19)35)28-17-29-25(23)33-9-7-32(8-10-33)22(34)16-31/h4-5,14-15,17,19H,3,6-13,16H2,1-2H3,(H,28,29,30,35). The number of hydrogen-bond acceptors (Lipinski definition) is 10. The molecule has 2 amide bonds. The lowest BCUT2D eigenvalue weighted by atomic mass is 10.0. The molecule has 12 heteroatoms. The molecule has 4 aliphatic heterocycles. The number of carbonyl (C=O) groups is 2. The Balaban J connectivity index is 1.47. The number of fused-ring (bicyclic) bond motifs is 8. The van der Waals surface area contributed by atoms with Crippen molar-refractivity contribution < 1.29 is 23.8 Å². The van der Waals surface area contributed by atoms with Crippen molar-refractivity contribution in [2.75, 3.05) is 83.5 Å². The molecule has 0 aliphatic carbocycles. The molecule has 0 saturated carbocycles. The molecule has 1 unspecified atom stereocenters. The van der Waals surface area contributed by atoms with Gasteiger partial charge in [-0.25, -0.2) is 9.97 Å². The van der Waals surface area contributed by atoms with Gasteiger partial charge in [0, 0.05) is 58.7 Å². The van der Waals surface area contributed by atoms with Crippen molar-refractivity contribution in [2.24, 2.45) is 4.99 Å². The number of piperazine rings is 1. The minimum atomic E-state index is -0.635. The number of carbonyl (C=O) groups excluding carboxylic acids is 2. The van der Waals surface area contributed by atoms with Gasteiger partial charge in [-0.1, -0.05) is 0 Å². The highest BCUT2D eigenvalue weighted by atomic mass is 16.5. The van der Waals surface area contributed by atoms with Gasteiger partial charge in [-0.15, -0.1) is 0 Å². The van der Waals surface area contributed by atoms with E-state index in [1.54, 1.807) is 32.6 Å². The quantitative estimate of drug-likeness (QED) is 0.632.